The van der Waals surface area contributed by atoms with Crippen LogP contribution in [0.4, 0.5) is 11.4 Å². The summed E-state index contributed by atoms with van der Waals surface area (Å²) in [4.78, 5) is 40.2. The molecule has 4 rings (SSSR count). The van der Waals surface area contributed by atoms with Crippen LogP contribution in [0.2, 0.25) is 0 Å². The molecule has 2 aromatic rings. The third kappa shape index (κ3) is 5.52. The molecule has 0 aromatic heterocycles. The molecule has 0 atom stereocenters. The fraction of sp³-hybridized carbons (Fsp3) is 0.269. The quantitative estimate of drug-likeness (QED) is 0.431. The molecule has 0 bridgehead atoms. The van der Waals surface area contributed by atoms with E-state index in [1.54, 1.807) is 36.6 Å². The van der Waals surface area contributed by atoms with Gasteiger partial charge < -0.3 is 20.2 Å². The van der Waals surface area contributed by atoms with E-state index >= 15 is 0 Å². The Morgan fingerprint density at radius 3 is 2.47 bits per heavy atom. The zero-order chi connectivity index (χ0) is 24.1. The molecule has 2 aliphatic rings. The van der Waals surface area contributed by atoms with Gasteiger partial charge in [-0.3, -0.25) is 19.7 Å². The second-order valence-electron chi connectivity index (χ2n) is 8.46. The van der Waals surface area contributed by atoms with Gasteiger partial charge in [-0.05, 0) is 55.4 Å². The van der Waals surface area contributed by atoms with Crippen molar-refractivity contribution in [2.75, 3.05) is 43.4 Å². The number of likely N-dealkylation sites (N-methyl/N-ethyl adjacent to an activating group) is 1. The van der Waals surface area contributed by atoms with E-state index in [1.807, 2.05) is 12.1 Å². The lowest BCUT2D eigenvalue weighted by Gasteiger charge is -2.34. The standard InChI is InChI=1S/C26H28N4O4/c1-29-12-14-30(15-13-29)20-9-7-19(8-10-20)27-17-23-22-16-18(4-2-3-5-24(31)32)6-11-21(22)25(33)28-26(23)34/h2,4,6-11,16-17,27H,3,5,12-15H2,1H3,(H,31,32)(H,28,33,34)/b4-2+,23-17-. The highest BCUT2D eigenvalue weighted by Crippen LogP contribution is 2.27. The molecule has 176 valence electrons. The first-order valence-corrected chi connectivity index (χ1v) is 11.3. The average Bonchev–Trinajstić information content (AvgIpc) is 2.82. The molecular weight excluding hydrogens is 432 g/mol. The molecule has 0 radical (unpaired) electrons. The number of benzene rings is 2. The van der Waals surface area contributed by atoms with Crippen LogP contribution in [0.15, 0.2) is 54.7 Å². The molecule has 34 heavy (non-hydrogen) atoms. The Balaban J connectivity index is 1.51. The number of allylic oxidation sites excluding steroid dienone is 1. The summed E-state index contributed by atoms with van der Waals surface area (Å²) in [5, 5.41) is 14.3. The highest BCUT2D eigenvalue weighted by Gasteiger charge is 2.27. The molecule has 2 heterocycles. The van der Waals surface area contributed by atoms with Crippen LogP contribution in [-0.2, 0) is 9.59 Å². The second kappa shape index (κ2) is 10.4. The normalized spacial score (nSPS) is 17.7. The van der Waals surface area contributed by atoms with Crippen LogP contribution < -0.4 is 15.5 Å². The highest BCUT2D eigenvalue weighted by atomic mass is 16.4. The van der Waals surface area contributed by atoms with Crippen molar-refractivity contribution in [3.63, 3.8) is 0 Å². The first-order chi connectivity index (χ1) is 16.4. The van der Waals surface area contributed by atoms with Gasteiger partial charge in [0.05, 0.1) is 5.57 Å². The van der Waals surface area contributed by atoms with Crippen LogP contribution in [0, 0.1) is 0 Å². The lowest BCUT2D eigenvalue weighted by Crippen LogP contribution is -2.44. The molecule has 2 aromatic carbocycles. The summed E-state index contributed by atoms with van der Waals surface area (Å²) in [6.45, 7) is 4.06. The lowest BCUT2D eigenvalue weighted by molar-refractivity contribution is -0.136. The fourth-order valence-corrected chi connectivity index (χ4v) is 4.00. The van der Waals surface area contributed by atoms with Crippen molar-refractivity contribution in [2.24, 2.45) is 0 Å². The van der Waals surface area contributed by atoms with Gasteiger partial charge in [-0.15, -0.1) is 0 Å². The van der Waals surface area contributed by atoms with Crippen LogP contribution in [0.25, 0.3) is 11.6 Å². The molecule has 8 nitrogen and oxygen atoms in total. The van der Waals surface area contributed by atoms with E-state index < -0.39 is 17.8 Å². The van der Waals surface area contributed by atoms with Gasteiger partial charge in [0.2, 0.25) is 0 Å². The number of piperazine rings is 1. The second-order valence-corrected chi connectivity index (χ2v) is 8.46. The highest BCUT2D eigenvalue weighted by molar-refractivity contribution is 6.31. The summed E-state index contributed by atoms with van der Waals surface area (Å²) < 4.78 is 0. The third-order valence-electron chi connectivity index (χ3n) is 6.00. The van der Waals surface area contributed by atoms with E-state index in [0.717, 1.165) is 43.1 Å². The maximum absolute atomic E-state index is 12.6. The molecule has 0 spiro atoms. The average molecular weight is 461 g/mol. The molecule has 2 aliphatic heterocycles. The zero-order valence-corrected chi connectivity index (χ0v) is 19.1. The Morgan fingerprint density at radius 1 is 1.03 bits per heavy atom. The summed E-state index contributed by atoms with van der Waals surface area (Å²) in [6, 6.07) is 13.3. The predicted octanol–water partition coefficient (Wildman–Crippen LogP) is 3.04. The van der Waals surface area contributed by atoms with Gasteiger partial charge in [0.1, 0.15) is 0 Å². The molecular formula is C26H28N4O4. The van der Waals surface area contributed by atoms with E-state index in [0.29, 0.717) is 23.1 Å². The number of fused-ring (bicyclic) bond motifs is 1. The number of hydrogen-bond acceptors (Lipinski definition) is 6. The van der Waals surface area contributed by atoms with Crippen molar-refractivity contribution in [1.29, 1.82) is 0 Å². The number of anilines is 2. The first kappa shape index (κ1) is 23.3. The van der Waals surface area contributed by atoms with Crippen LogP contribution in [0.5, 0.6) is 0 Å². The van der Waals surface area contributed by atoms with Crippen LogP contribution in [0.1, 0.15) is 34.3 Å². The van der Waals surface area contributed by atoms with Gasteiger partial charge in [0.25, 0.3) is 11.8 Å². The Hall–Kier alpha value is -3.91. The molecule has 0 unspecified atom stereocenters. The number of carbonyl (C=O) groups is 3. The summed E-state index contributed by atoms with van der Waals surface area (Å²) in [7, 11) is 2.13. The van der Waals surface area contributed by atoms with Crippen molar-refractivity contribution < 1.29 is 19.5 Å². The van der Waals surface area contributed by atoms with Gasteiger partial charge in [-0.1, -0.05) is 18.2 Å². The lowest BCUT2D eigenvalue weighted by atomic mass is 9.93. The van der Waals surface area contributed by atoms with E-state index in [2.05, 4.69) is 39.6 Å². The summed E-state index contributed by atoms with van der Waals surface area (Å²) >= 11 is 0. The SMILES string of the molecule is CN1CCN(c2ccc(N/C=C3\C(=O)NC(=O)c4ccc(/C=C/CCC(=O)O)cc43)cc2)CC1. The number of hydrogen-bond donors (Lipinski definition) is 3. The monoisotopic (exact) mass is 460 g/mol. The van der Waals surface area contributed by atoms with Crippen LogP contribution in [0.3, 0.4) is 0 Å². The van der Waals surface area contributed by atoms with Gasteiger partial charge in [0, 0.05) is 61.3 Å². The van der Waals surface area contributed by atoms with E-state index in [4.69, 9.17) is 5.11 Å². The van der Waals surface area contributed by atoms with Crippen molar-refractivity contribution in [3.8, 4) is 0 Å². The number of aliphatic carboxylic acids is 1. The minimum absolute atomic E-state index is 0.0466. The number of carbonyl (C=O) groups excluding carboxylic acids is 2. The number of carboxylic acids is 1. The van der Waals surface area contributed by atoms with E-state index in [-0.39, 0.29) is 6.42 Å². The number of imide groups is 1. The number of nitrogens with zero attached hydrogens (tertiary/aromatic N) is 2. The molecule has 8 heteroatoms. The van der Waals surface area contributed by atoms with Gasteiger partial charge in [-0.2, -0.15) is 0 Å². The molecule has 1 fully saturated rings. The maximum Gasteiger partial charge on any atom is 0.303 e. The molecule has 0 saturated carbocycles. The Labute approximate surface area is 198 Å². The molecule has 1 saturated heterocycles. The first-order valence-electron chi connectivity index (χ1n) is 11.3. The summed E-state index contributed by atoms with van der Waals surface area (Å²) in [6.07, 6.45) is 5.63. The predicted molar refractivity (Wildman–Crippen MR) is 133 cm³/mol. The zero-order valence-electron chi connectivity index (χ0n) is 19.1. The van der Waals surface area contributed by atoms with Crippen LogP contribution >= 0.6 is 0 Å². The third-order valence-corrected chi connectivity index (χ3v) is 6.00. The summed E-state index contributed by atoms with van der Waals surface area (Å²) in [5.74, 6) is -1.76. The minimum atomic E-state index is -0.856. The number of carboxylic acid groups (broad SMARTS) is 1. The number of rotatable bonds is 7. The Bertz CT molecular complexity index is 1150. The van der Waals surface area contributed by atoms with E-state index in [9.17, 15) is 14.4 Å². The van der Waals surface area contributed by atoms with Gasteiger partial charge >= 0.3 is 5.97 Å². The van der Waals surface area contributed by atoms with Gasteiger partial charge in [-0.25, -0.2) is 0 Å². The fourth-order valence-electron chi connectivity index (χ4n) is 4.00. The van der Waals surface area contributed by atoms with Crippen molar-refractivity contribution in [2.45, 2.75) is 12.8 Å². The Kier molecular flexibility index (Phi) is 7.08. The number of amides is 2. The Morgan fingerprint density at radius 2 is 1.76 bits per heavy atom. The minimum Gasteiger partial charge on any atom is -0.481 e. The number of nitrogens with one attached hydrogen (secondary N) is 2. The van der Waals surface area contributed by atoms with Crippen LogP contribution in [-0.4, -0.2) is 61.0 Å². The van der Waals surface area contributed by atoms with Crippen molar-refractivity contribution in [1.82, 2.24) is 10.2 Å². The van der Waals surface area contributed by atoms with Crippen molar-refractivity contribution >= 4 is 40.8 Å². The molecule has 3 N–H and O–H groups in total. The molecule has 0 aliphatic carbocycles. The van der Waals surface area contributed by atoms with Crippen molar-refractivity contribution in [3.05, 3.63) is 71.4 Å². The smallest absolute Gasteiger partial charge is 0.303 e. The topological polar surface area (TPSA) is 102 Å². The maximum atomic E-state index is 12.6. The van der Waals surface area contributed by atoms with E-state index in [1.165, 1.54) is 0 Å². The van der Waals surface area contributed by atoms with Gasteiger partial charge in [0.15, 0.2) is 0 Å². The summed E-state index contributed by atoms with van der Waals surface area (Å²) in [5.41, 5.74) is 4.10. The molecule has 2 amide bonds. The largest absolute Gasteiger partial charge is 0.481 e.